The maximum Gasteiger partial charge on any atom is 0.163 e. The van der Waals surface area contributed by atoms with Gasteiger partial charge >= 0.3 is 0 Å². The summed E-state index contributed by atoms with van der Waals surface area (Å²) in [7, 11) is 0. The van der Waals surface area contributed by atoms with E-state index in [2.05, 4.69) is 15.9 Å². The molecular weight excluding hydrogens is 284 g/mol. The van der Waals surface area contributed by atoms with Crippen LogP contribution in [0.5, 0.6) is 11.5 Å². The summed E-state index contributed by atoms with van der Waals surface area (Å²) in [4.78, 5) is 11.7. The second-order valence-electron chi connectivity index (χ2n) is 3.42. The summed E-state index contributed by atoms with van der Waals surface area (Å²) < 4.78 is 11.7. The molecule has 0 N–H and O–H groups in total. The van der Waals surface area contributed by atoms with Crippen LogP contribution in [0.25, 0.3) is 0 Å². The lowest BCUT2D eigenvalue weighted by atomic mass is 10.1. The number of carbonyl (C=O) groups excluding carboxylic acids is 1. The average molecular weight is 301 g/mol. The van der Waals surface area contributed by atoms with E-state index < -0.39 is 0 Å². The highest BCUT2D eigenvalue weighted by Crippen LogP contribution is 2.34. The minimum Gasteiger partial charge on any atom is -0.490 e. The van der Waals surface area contributed by atoms with Crippen molar-refractivity contribution in [3.05, 3.63) is 22.2 Å². The molecular formula is C13H17BrO3. The number of hydrogen-bond acceptors (Lipinski definition) is 3. The molecule has 4 heteroatoms. The topological polar surface area (TPSA) is 35.5 Å². The second kappa shape index (κ2) is 6.64. The van der Waals surface area contributed by atoms with Gasteiger partial charge in [-0.25, -0.2) is 0 Å². The molecule has 94 valence electrons. The molecule has 0 heterocycles. The number of rotatable bonds is 6. The number of Topliss-reactive ketones (excluding diaryl/α,β-unsaturated/α-hetero) is 1. The molecule has 0 aliphatic rings. The van der Waals surface area contributed by atoms with Gasteiger partial charge in [-0.1, -0.05) is 6.92 Å². The van der Waals surface area contributed by atoms with E-state index in [0.717, 1.165) is 4.47 Å². The van der Waals surface area contributed by atoms with Crippen molar-refractivity contribution in [2.24, 2.45) is 0 Å². The average Bonchev–Trinajstić information content (AvgIpc) is 2.32. The molecule has 0 fully saturated rings. The van der Waals surface area contributed by atoms with E-state index >= 15 is 0 Å². The smallest absolute Gasteiger partial charge is 0.163 e. The van der Waals surface area contributed by atoms with Gasteiger partial charge in [0.25, 0.3) is 0 Å². The van der Waals surface area contributed by atoms with E-state index in [9.17, 15) is 4.79 Å². The SMILES string of the molecule is CCOc1cc(Br)c(C(=O)CC)cc1OCC. The second-order valence-corrected chi connectivity index (χ2v) is 4.28. The van der Waals surface area contributed by atoms with Crippen LogP contribution in [0.15, 0.2) is 16.6 Å². The largest absolute Gasteiger partial charge is 0.490 e. The lowest BCUT2D eigenvalue weighted by Crippen LogP contribution is -2.03. The van der Waals surface area contributed by atoms with Crippen molar-refractivity contribution >= 4 is 21.7 Å². The van der Waals surface area contributed by atoms with Crippen LogP contribution in [0.3, 0.4) is 0 Å². The van der Waals surface area contributed by atoms with Crippen LogP contribution in [0.4, 0.5) is 0 Å². The molecule has 0 saturated carbocycles. The molecule has 0 aliphatic heterocycles. The molecule has 0 amide bonds. The molecule has 0 atom stereocenters. The van der Waals surface area contributed by atoms with Crippen LogP contribution in [0, 0.1) is 0 Å². The van der Waals surface area contributed by atoms with Gasteiger partial charge in [0.1, 0.15) is 0 Å². The van der Waals surface area contributed by atoms with E-state index in [1.54, 1.807) is 12.1 Å². The van der Waals surface area contributed by atoms with Crippen molar-refractivity contribution in [3.8, 4) is 11.5 Å². The Morgan fingerprint density at radius 3 is 2.12 bits per heavy atom. The molecule has 0 saturated heterocycles. The first-order valence-electron chi connectivity index (χ1n) is 5.76. The Morgan fingerprint density at radius 1 is 1.12 bits per heavy atom. The van der Waals surface area contributed by atoms with Gasteiger partial charge in [0.15, 0.2) is 17.3 Å². The van der Waals surface area contributed by atoms with Gasteiger partial charge in [0.2, 0.25) is 0 Å². The summed E-state index contributed by atoms with van der Waals surface area (Å²) in [6, 6.07) is 3.53. The van der Waals surface area contributed by atoms with Crippen molar-refractivity contribution < 1.29 is 14.3 Å². The summed E-state index contributed by atoms with van der Waals surface area (Å²) >= 11 is 3.39. The Kier molecular flexibility index (Phi) is 5.48. The number of ketones is 1. The minimum absolute atomic E-state index is 0.0841. The van der Waals surface area contributed by atoms with Gasteiger partial charge in [0, 0.05) is 16.5 Å². The minimum atomic E-state index is 0.0841. The first-order chi connectivity index (χ1) is 8.13. The van der Waals surface area contributed by atoms with Gasteiger partial charge in [-0.05, 0) is 41.9 Å². The van der Waals surface area contributed by atoms with Crippen molar-refractivity contribution in [2.75, 3.05) is 13.2 Å². The quantitative estimate of drug-likeness (QED) is 0.749. The van der Waals surface area contributed by atoms with E-state index in [1.807, 2.05) is 20.8 Å². The highest BCUT2D eigenvalue weighted by atomic mass is 79.9. The first-order valence-corrected chi connectivity index (χ1v) is 6.55. The standard InChI is InChI=1S/C13H17BrO3/c1-4-11(15)9-7-12(16-5-2)13(17-6-3)8-10(9)14/h7-8H,4-6H2,1-3H3. The fourth-order valence-electron chi connectivity index (χ4n) is 1.48. The zero-order chi connectivity index (χ0) is 12.8. The fourth-order valence-corrected chi connectivity index (χ4v) is 2.02. The molecule has 17 heavy (non-hydrogen) atoms. The molecule has 0 aromatic heterocycles. The maximum absolute atomic E-state index is 11.7. The summed E-state index contributed by atoms with van der Waals surface area (Å²) in [5.74, 6) is 1.36. The Labute approximate surface area is 110 Å². The predicted molar refractivity (Wildman–Crippen MR) is 71.1 cm³/mol. The van der Waals surface area contributed by atoms with Crippen LogP contribution in [-0.2, 0) is 0 Å². The zero-order valence-electron chi connectivity index (χ0n) is 10.4. The molecule has 0 radical (unpaired) electrons. The van der Waals surface area contributed by atoms with E-state index in [0.29, 0.717) is 36.7 Å². The summed E-state index contributed by atoms with van der Waals surface area (Å²) in [5.41, 5.74) is 0.638. The third-order valence-corrected chi connectivity index (χ3v) is 2.91. The summed E-state index contributed by atoms with van der Waals surface area (Å²) in [5, 5.41) is 0. The molecule has 0 unspecified atom stereocenters. The van der Waals surface area contributed by atoms with Gasteiger partial charge in [0.05, 0.1) is 13.2 Å². The van der Waals surface area contributed by atoms with E-state index in [4.69, 9.17) is 9.47 Å². The normalized spacial score (nSPS) is 10.1. The van der Waals surface area contributed by atoms with Crippen LogP contribution in [0.1, 0.15) is 37.6 Å². The Bertz CT molecular complexity index is 402. The molecule has 0 bridgehead atoms. The third kappa shape index (κ3) is 3.46. The van der Waals surface area contributed by atoms with Crippen LogP contribution in [-0.4, -0.2) is 19.0 Å². The van der Waals surface area contributed by atoms with Crippen LogP contribution in [0.2, 0.25) is 0 Å². The highest BCUT2D eigenvalue weighted by molar-refractivity contribution is 9.10. The predicted octanol–water partition coefficient (Wildman–Crippen LogP) is 3.84. The summed E-state index contributed by atoms with van der Waals surface area (Å²) in [6.07, 6.45) is 0.470. The molecule has 0 aliphatic carbocycles. The van der Waals surface area contributed by atoms with Crippen molar-refractivity contribution in [1.82, 2.24) is 0 Å². The first kappa shape index (κ1) is 14.0. The Hall–Kier alpha value is -1.03. The molecule has 1 rings (SSSR count). The summed E-state index contributed by atoms with van der Waals surface area (Å²) in [6.45, 7) is 6.76. The number of halogens is 1. The van der Waals surface area contributed by atoms with E-state index in [-0.39, 0.29) is 5.78 Å². The van der Waals surface area contributed by atoms with Crippen LogP contribution >= 0.6 is 15.9 Å². The van der Waals surface area contributed by atoms with E-state index in [1.165, 1.54) is 0 Å². The number of ether oxygens (including phenoxy) is 2. The van der Waals surface area contributed by atoms with Crippen molar-refractivity contribution in [1.29, 1.82) is 0 Å². The van der Waals surface area contributed by atoms with Crippen molar-refractivity contribution in [2.45, 2.75) is 27.2 Å². The van der Waals surface area contributed by atoms with Gasteiger partial charge < -0.3 is 9.47 Å². The molecule has 1 aromatic carbocycles. The number of hydrogen-bond donors (Lipinski definition) is 0. The lowest BCUT2D eigenvalue weighted by Gasteiger charge is -2.13. The monoisotopic (exact) mass is 300 g/mol. The Morgan fingerprint density at radius 2 is 1.65 bits per heavy atom. The lowest BCUT2D eigenvalue weighted by molar-refractivity contribution is 0.0987. The third-order valence-electron chi connectivity index (χ3n) is 2.25. The molecule has 3 nitrogen and oxygen atoms in total. The van der Waals surface area contributed by atoms with Gasteiger partial charge in [-0.3, -0.25) is 4.79 Å². The highest BCUT2D eigenvalue weighted by Gasteiger charge is 2.14. The fraction of sp³-hybridized carbons (Fsp3) is 0.462. The van der Waals surface area contributed by atoms with Gasteiger partial charge in [-0.15, -0.1) is 0 Å². The Balaban J connectivity index is 3.18. The maximum atomic E-state index is 11.7. The number of carbonyl (C=O) groups is 1. The van der Waals surface area contributed by atoms with Gasteiger partial charge in [-0.2, -0.15) is 0 Å². The molecule has 1 aromatic rings. The number of benzene rings is 1. The zero-order valence-corrected chi connectivity index (χ0v) is 12.0. The van der Waals surface area contributed by atoms with Crippen LogP contribution < -0.4 is 9.47 Å². The molecule has 0 spiro atoms. The van der Waals surface area contributed by atoms with Crippen molar-refractivity contribution in [3.63, 3.8) is 0 Å².